The van der Waals surface area contributed by atoms with E-state index < -0.39 is 5.91 Å². The van der Waals surface area contributed by atoms with Gasteiger partial charge in [-0.05, 0) is 41.8 Å². The second kappa shape index (κ2) is 8.92. The second-order valence-electron chi connectivity index (χ2n) is 7.67. The van der Waals surface area contributed by atoms with E-state index in [2.05, 4.69) is 4.99 Å². The minimum Gasteiger partial charge on any atom is -0.486 e. The van der Waals surface area contributed by atoms with Gasteiger partial charge in [-0.1, -0.05) is 84.6 Å². The molecular weight excluding hydrogens is 430 g/mol. The highest BCUT2D eigenvalue weighted by molar-refractivity contribution is 8.17. The van der Waals surface area contributed by atoms with Gasteiger partial charge in [0.15, 0.2) is 5.17 Å². The number of thioether (sulfide) groups is 1. The summed E-state index contributed by atoms with van der Waals surface area (Å²) >= 11 is 1.36. The van der Waals surface area contributed by atoms with Gasteiger partial charge in [-0.15, -0.1) is 0 Å². The number of benzene rings is 3. The summed E-state index contributed by atoms with van der Waals surface area (Å²) in [6.07, 6.45) is 1.63. The third-order valence-electron chi connectivity index (χ3n) is 5.46. The highest BCUT2D eigenvalue weighted by atomic mass is 32.2. The molecule has 2 heterocycles. The quantitative estimate of drug-likeness (QED) is 0.474. The van der Waals surface area contributed by atoms with Crippen LogP contribution in [0.3, 0.4) is 0 Å². The van der Waals surface area contributed by atoms with Crippen LogP contribution in [-0.2, 0) is 4.79 Å². The van der Waals surface area contributed by atoms with E-state index >= 15 is 0 Å². The smallest absolute Gasteiger partial charge is 0.283 e. The molecule has 2 aliphatic heterocycles. The van der Waals surface area contributed by atoms with E-state index in [4.69, 9.17) is 10.1 Å². The van der Waals surface area contributed by atoms with Gasteiger partial charge >= 0.3 is 0 Å². The molecule has 33 heavy (non-hydrogen) atoms. The maximum Gasteiger partial charge on any atom is 0.283 e. The Morgan fingerprint density at radius 2 is 1.64 bits per heavy atom. The average molecular weight is 452 g/mol. The average Bonchev–Trinajstić information content (AvgIpc) is 3.28. The topological polar surface area (TPSA) is 65.8 Å². The van der Waals surface area contributed by atoms with Crippen molar-refractivity contribution in [3.8, 4) is 5.75 Å². The van der Waals surface area contributed by atoms with Gasteiger partial charge in [0.25, 0.3) is 5.91 Å². The first-order chi connectivity index (χ1) is 16.1. The molecule has 1 amide bonds. The number of carbonyl (C=O) groups is 1. The van der Waals surface area contributed by atoms with Gasteiger partial charge in [0.05, 0.1) is 11.3 Å². The van der Waals surface area contributed by atoms with E-state index in [0.29, 0.717) is 5.17 Å². The minimum atomic E-state index is -0.403. The third kappa shape index (κ3) is 4.25. The summed E-state index contributed by atoms with van der Waals surface area (Å²) in [5.41, 5.74) is 3.99. The number of nitrogens with zero attached hydrogens (tertiary/aromatic N) is 2. The molecule has 2 aliphatic rings. The number of fused-ring (bicyclic) bond motifs is 1. The number of carbonyl (C=O) groups excluding carboxylic acids is 1. The van der Waals surface area contributed by atoms with Crippen molar-refractivity contribution in [3.05, 3.63) is 113 Å². The Kier molecular flexibility index (Phi) is 5.67. The summed E-state index contributed by atoms with van der Waals surface area (Å²) in [4.78, 5) is 18.6. The van der Waals surface area contributed by atoms with Crippen LogP contribution < -0.4 is 4.74 Å². The largest absolute Gasteiger partial charge is 0.486 e. The molecule has 0 radical (unpaired) electrons. The molecule has 5 rings (SSSR count). The minimum absolute atomic E-state index is 0.0767. The summed E-state index contributed by atoms with van der Waals surface area (Å²) in [7, 11) is 0. The lowest BCUT2D eigenvalue weighted by Gasteiger charge is -2.26. The maximum absolute atomic E-state index is 12.7. The third-order valence-corrected chi connectivity index (χ3v) is 6.28. The van der Waals surface area contributed by atoms with Crippen LogP contribution in [-0.4, -0.2) is 21.8 Å². The molecule has 0 spiro atoms. The van der Waals surface area contributed by atoms with E-state index in [1.54, 1.807) is 11.0 Å². The SMILES string of the molecule is CC(Oc1ccc(/C=C2/C(=N)N3C(c4ccccc4)=CSC3=NC2=O)cc1)c1ccccc1. The van der Waals surface area contributed by atoms with Crippen LogP contribution in [0.25, 0.3) is 11.8 Å². The Morgan fingerprint density at radius 3 is 2.33 bits per heavy atom. The molecule has 0 saturated heterocycles. The summed E-state index contributed by atoms with van der Waals surface area (Å²) in [5, 5.41) is 11.2. The number of nitrogens with one attached hydrogen (secondary N) is 1. The number of rotatable bonds is 5. The van der Waals surface area contributed by atoms with Crippen LogP contribution >= 0.6 is 11.8 Å². The Labute approximate surface area is 196 Å². The monoisotopic (exact) mass is 451 g/mol. The van der Waals surface area contributed by atoms with Crippen LogP contribution in [0.1, 0.15) is 29.7 Å². The Morgan fingerprint density at radius 1 is 0.970 bits per heavy atom. The molecule has 162 valence electrons. The van der Waals surface area contributed by atoms with Crippen molar-refractivity contribution in [3.63, 3.8) is 0 Å². The van der Waals surface area contributed by atoms with Gasteiger partial charge < -0.3 is 4.74 Å². The lowest BCUT2D eigenvalue weighted by atomic mass is 10.1. The second-order valence-corrected chi connectivity index (χ2v) is 8.50. The van der Waals surface area contributed by atoms with Crippen molar-refractivity contribution in [2.45, 2.75) is 13.0 Å². The molecular formula is C27H21N3O2S. The van der Waals surface area contributed by atoms with E-state index in [-0.39, 0.29) is 17.5 Å². The molecule has 0 fully saturated rings. The summed E-state index contributed by atoms with van der Waals surface area (Å²) in [5.74, 6) is 0.465. The van der Waals surface area contributed by atoms with Crippen molar-refractivity contribution in [2.75, 3.05) is 0 Å². The molecule has 0 bridgehead atoms. The summed E-state index contributed by atoms with van der Waals surface area (Å²) in [6, 6.07) is 27.4. The fourth-order valence-corrected chi connectivity index (χ4v) is 4.61. The molecule has 1 N–H and O–H groups in total. The van der Waals surface area contributed by atoms with Crippen LogP contribution in [0, 0.1) is 5.41 Å². The van der Waals surface area contributed by atoms with E-state index in [9.17, 15) is 4.79 Å². The summed E-state index contributed by atoms with van der Waals surface area (Å²) in [6.45, 7) is 2.01. The van der Waals surface area contributed by atoms with Gasteiger partial charge in [0.2, 0.25) is 0 Å². The molecule has 6 heteroatoms. The fraction of sp³-hybridized carbons (Fsp3) is 0.0741. The fourth-order valence-electron chi connectivity index (χ4n) is 3.72. The Balaban J connectivity index is 1.36. The first-order valence-corrected chi connectivity index (χ1v) is 11.5. The predicted octanol–water partition coefficient (Wildman–Crippen LogP) is 6.13. The van der Waals surface area contributed by atoms with Crippen molar-refractivity contribution in [1.29, 1.82) is 5.41 Å². The molecule has 5 nitrogen and oxygen atoms in total. The maximum atomic E-state index is 12.7. The Hall–Kier alpha value is -3.90. The van der Waals surface area contributed by atoms with Gasteiger partial charge in [0.1, 0.15) is 17.7 Å². The number of ether oxygens (including phenoxy) is 1. The normalized spacial score (nSPS) is 17.5. The number of aliphatic imine (C=N–C) groups is 1. The first kappa shape index (κ1) is 21.0. The van der Waals surface area contributed by atoms with Crippen molar-refractivity contribution >= 4 is 40.4 Å². The zero-order valence-corrected chi connectivity index (χ0v) is 18.8. The lowest BCUT2D eigenvalue weighted by Crippen LogP contribution is -2.38. The van der Waals surface area contributed by atoms with Gasteiger partial charge in [-0.2, -0.15) is 4.99 Å². The highest BCUT2D eigenvalue weighted by Crippen LogP contribution is 2.37. The first-order valence-electron chi connectivity index (χ1n) is 10.6. The standard InChI is InChI=1S/C27H21N3O2S/c1-18(20-8-4-2-5-9-20)32-22-14-12-19(13-15-22)16-23-25(28)30-24(21-10-6-3-7-11-21)17-33-27(30)29-26(23)31/h2-18,28H,1H3/b23-16-,28-25?. The molecule has 1 unspecified atom stereocenters. The number of hydrogen-bond donors (Lipinski definition) is 1. The number of amidine groups is 2. The van der Waals surface area contributed by atoms with E-state index in [1.807, 2.05) is 97.3 Å². The molecule has 0 aliphatic carbocycles. The zero-order chi connectivity index (χ0) is 22.8. The highest BCUT2D eigenvalue weighted by Gasteiger charge is 2.36. The molecule has 0 aromatic heterocycles. The number of hydrogen-bond acceptors (Lipinski definition) is 4. The summed E-state index contributed by atoms with van der Waals surface area (Å²) < 4.78 is 6.04. The molecule has 0 saturated carbocycles. The van der Waals surface area contributed by atoms with E-state index in [1.165, 1.54) is 11.8 Å². The van der Waals surface area contributed by atoms with Crippen molar-refractivity contribution in [1.82, 2.24) is 4.90 Å². The lowest BCUT2D eigenvalue weighted by molar-refractivity contribution is -0.114. The number of amides is 1. The zero-order valence-electron chi connectivity index (χ0n) is 17.9. The van der Waals surface area contributed by atoms with Crippen LogP contribution in [0.4, 0.5) is 0 Å². The molecule has 3 aromatic rings. The molecule has 1 atom stereocenters. The van der Waals surface area contributed by atoms with Crippen LogP contribution in [0.15, 0.2) is 101 Å². The van der Waals surface area contributed by atoms with Crippen molar-refractivity contribution < 1.29 is 9.53 Å². The van der Waals surface area contributed by atoms with Gasteiger partial charge in [-0.25, -0.2) is 0 Å². The van der Waals surface area contributed by atoms with Crippen LogP contribution in [0.5, 0.6) is 5.75 Å². The molecule has 3 aromatic carbocycles. The van der Waals surface area contributed by atoms with E-state index in [0.717, 1.165) is 28.1 Å². The van der Waals surface area contributed by atoms with Crippen molar-refractivity contribution in [2.24, 2.45) is 4.99 Å². The van der Waals surface area contributed by atoms with Crippen LogP contribution in [0.2, 0.25) is 0 Å². The van der Waals surface area contributed by atoms with Gasteiger partial charge in [0, 0.05) is 5.41 Å². The predicted molar refractivity (Wildman–Crippen MR) is 134 cm³/mol. The Bertz CT molecular complexity index is 1300. The van der Waals surface area contributed by atoms with Gasteiger partial charge in [-0.3, -0.25) is 15.1 Å².